The Bertz CT molecular complexity index is 1460. The van der Waals surface area contributed by atoms with Gasteiger partial charge in [0, 0.05) is 68.1 Å². The first-order valence-corrected chi connectivity index (χ1v) is 16.0. The van der Waals surface area contributed by atoms with Crippen molar-refractivity contribution in [1.82, 2.24) is 19.8 Å². The molecule has 5 aliphatic rings. The molecule has 0 radical (unpaired) electrons. The standard InChI is InChI=1S/C32H44N10O2/c1-20-14-22(4-5-26(20)42-8-6-24(7-9-42)41-12-10-40(3)11-13-41)34-31-28(29(33)43)36-27(25-15-21(2)38-39-25)30(37-31)35-23-16-32(17-23)18-44-19-32/h4-5,14-15,21,23-24H,6-13,16-19H2,1-3H3,(H2,33,43)(H2,34,35,37). The Morgan fingerprint density at radius 1 is 1.05 bits per heavy atom. The maximum absolute atomic E-state index is 12.6. The second kappa shape index (κ2) is 11.7. The first kappa shape index (κ1) is 29.1. The molecule has 234 valence electrons. The number of hydrogen-bond acceptors (Lipinski definition) is 11. The van der Waals surface area contributed by atoms with Crippen molar-refractivity contribution < 1.29 is 9.53 Å². The lowest BCUT2D eigenvalue weighted by Gasteiger charge is -2.53. The molecule has 4 fully saturated rings. The van der Waals surface area contributed by atoms with Crippen molar-refractivity contribution in [3.8, 4) is 0 Å². The number of piperidine rings is 1. The third-order valence-electron chi connectivity index (χ3n) is 9.95. The van der Waals surface area contributed by atoms with Crippen LogP contribution in [-0.2, 0) is 4.74 Å². The monoisotopic (exact) mass is 600 g/mol. The number of nitrogens with two attached hydrogens (primary N) is 1. The van der Waals surface area contributed by atoms with Crippen LogP contribution in [0.1, 0.15) is 54.4 Å². The van der Waals surface area contributed by atoms with Gasteiger partial charge in [0.2, 0.25) is 0 Å². The van der Waals surface area contributed by atoms with E-state index in [4.69, 9.17) is 20.4 Å². The highest BCUT2D eigenvalue weighted by molar-refractivity contribution is 5.97. The van der Waals surface area contributed by atoms with Crippen molar-refractivity contribution in [2.45, 2.75) is 57.7 Å². The van der Waals surface area contributed by atoms with Crippen molar-refractivity contribution >= 4 is 34.6 Å². The molecule has 1 atom stereocenters. The lowest BCUT2D eigenvalue weighted by atomic mass is 9.64. The molecule has 5 heterocycles. The fraction of sp³-hybridized carbons (Fsp3) is 0.594. The van der Waals surface area contributed by atoms with Crippen molar-refractivity contribution in [1.29, 1.82) is 0 Å². The second-order valence-electron chi connectivity index (χ2n) is 13.4. The van der Waals surface area contributed by atoms with Crippen LogP contribution in [0, 0.1) is 12.3 Å². The van der Waals surface area contributed by atoms with Crippen LogP contribution >= 0.6 is 0 Å². The molecule has 4 N–H and O–H groups in total. The van der Waals surface area contributed by atoms with Crippen LogP contribution < -0.4 is 21.3 Å². The van der Waals surface area contributed by atoms with Crippen LogP contribution in [0.15, 0.2) is 34.5 Å². The molecule has 2 aromatic rings. The first-order valence-electron chi connectivity index (χ1n) is 16.0. The molecule has 1 aromatic carbocycles. The summed E-state index contributed by atoms with van der Waals surface area (Å²) in [7, 11) is 2.21. The number of nitrogens with one attached hydrogen (secondary N) is 2. The molecule has 1 aromatic heterocycles. The number of primary amides is 1. The first-order chi connectivity index (χ1) is 21.2. The van der Waals surface area contributed by atoms with Gasteiger partial charge in [-0.1, -0.05) is 0 Å². The maximum atomic E-state index is 12.6. The SMILES string of the molecule is Cc1cc(Nc2nc(NC3CC4(COC4)C3)c(C3=CC(C)N=N3)nc2C(N)=O)ccc1N1CCC(N2CCN(C)CC2)CC1. The molecule has 1 amide bonds. The van der Waals surface area contributed by atoms with Gasteiger partial charge >= 0.3 is 0 Å². The number of carbonyl (C=O) groups excluding carboxylic acids is 1. The molecule has 1 spiro atoms. The van der Waals surface area contributed by atoms with E-state index in [2.05, 4.69) is 61.7 Å². The van der Waals surface area contributed by atoms with Gasteiger partial charge < -0.3 is 30.9 Å². The third kappa shape index (κ3) is 5.78. The fourth-order valence-electron chi connectivity index (χ4n) is 7.34. The minimum atomic E-state index is -0.651. The van der Waals surface area contributed by atoms with Crippen LogP contribution in [0.3, 0.4) is 0 Å². The van der Waals surface area contributed by atoms with Crippen LogP contribution in [0.5, 0.6) is 0 Å². The van der Waals surface area contributed by atoms with E-state index < -0.39 is 5.91 Å². The summed E-state index contributed by atoms with van der Waals surface area (Å²) in [6.07, 6.45) is 6.32. The fourth-order valence-corrected chi connectivity index (χ4v) is 7.34. The normalized spacial score (nSPS) is 24.2. The summed E-state index contributed by atoms with van der Waals surface area (Å²) >= 11 is 0. The van der Waals surface area contributed by atoms with E-state index >= 15 is 0 Å². The van der Waals surface area contributed by atoms with Gasteiger partial charge in [0.05, 0.1) is 19.3 Å². The second-order valence-corrected chi connectivity index (χ2v) is 13.4. The van der Waals surface area contributed by atoms with Gasteiger partial charge in [0.25, 0.3) is 5.91 Å². The minimum Gasteiger partial charge on any atom is -0.380 e. The predicted octanol–water partition coefficient (Wildman–Crippen LogP) is 3.63. The Labute approximate surface area is 259 Å². The molecule has 4 aliphatic heterocycles. The van der Waals surface area contributed by atoms with E-state index in [0.717, 1.165) is 57.9 Å². The van der Waals surface area contributed by atoms with Crippen LogP contribution in [0.25, 0.3) is 5.70 Å². The number of nitrogens with zero attached hydrogens (tertiary/aromatic N) is 7. The summed E-state index contributed by atoms with van der Waals surface area (Å²) in [4.78, 5) is 29.8. The number of aryl methyl sites for hydroxylation is 1. The zero-order valence-electron chi connectivity index (χ0n) is 26.1. The molecule has 12 nitrogen and oxygen atoms in total. The lowest BCUT2D eigenvalue weighted by Crippen LogP contribution is -2.56. The Morgan fingerprint density at radius 3 is 2.41 bits per heavy atom. The van der Waals surface area contributed by atoms with Crippen LogP contribution in [0.4, 0.5) is 23.0 Å². The van der Waals surface area contributed by atoms with E-state index in [9.17, 15) is 4.79 Å². The molecule has 1 saturated carbocycles. The van der Waals surface area contributed by atoms with Gasteiger partial charge in [-0.2, -0.15) is 10.2 Å². The number of likely N-dealkylation sites (N-methyl/N-ethyl adjacent to an activating group) is 1. The highest BCUT2D eigenvalue weighted by Crippen LogP contribution is 2.48. The average Bonchev–Trinajstić information content (AvgIpc) is 3.40. The van der Waals surface area contributed by atoms with E-state index in [1.807, 2.05) is 19.1 Å². The largest absolute Gasteiger partial charge is 0.380 e. The van der Waals surface area contributed by atoms with Crippen LogP contribution in [-0.4, -0.2) is 103 Å². The van der Waals surface area contributed by atoms with Crippen molar-refractivity contribution in [2.24, 2.45) is 21.4 Å². The zero-order chi connectivity index (χ0) is 30.4. The number of anilines is 4. The number of piperazine rings is 1. The topological polar surface area (TPSA) is 137 Å². The molecular weight excluding hydrogens is 556 g/mol. The summed E-state index contributed by atoms with van der Waals surface area (Å²) in [5, 5.41) is 15.5. The van der Waals surface area contributed by atoms with E-state index in [0.29, 0.717) is 34.5 Å². The van der Waals surface area contributed by atoms with Crippen molar-refractivity contribution in [2.75, 3.05) is 75.1 Å². The Balaban J connectivity index is 1.08. The maximum Gasteiger partial charge on any atom is 0.271 e. The predicted molar refractivity (Wildman–Crippen MR) is 172 cm³/mol. The summed E-state index contributed by atoms with van der Waals surface area (Å²) in [6, 6.07) is 7.18. The van der Waals surface area contributed by atoms with Gasteiger partial charge in [0.15, 0.2) is 17.3 Å². The Morgan fingerprint density at radius 2 is 1.80 bits per heavy atom. The summed E-state index contributed by atoms with van der Waals surface area (Å²) in [5.74, 6) is 0.254. The number of aromatic nitrogens is 2. The minimum absolute atomic E-state index is 0.0624. The molecule has 3 saturated heterocycles. The number of azo groups is 1. The number of ether oxygens (including phenoxy) is 1. The number of benzene rings is 1. The molecule has 7 rings (SSSR count). The smallest absolute Gasteiger partial charge is 0.271 e. The molecule has 0 bridgehead atoms. The lowest BCUT2D eigenvalue weighted by molar-refractivity contribution is -0.159. The summed E-state index contributed by atoms with van der Waals surface area (Å²) in [6.45, 7) is 12.5. The van der Waals surface area contributed by atoms with Crippen LogP contribution in [0.2, 0.25) is 0 Å². The van der Waals surface area contributed by atoms with Gasteiger partial charge in [0.1, 0.15) is 11.4 Å². The molecular formula is C32H44N10O2. The Hall–Kier alpha value is -3.61. The van der Waals surface area contributed by atoms with Crippen molar-refractivity contribution in [3.63, 3.8) is 0 Å². The number of hydrogen-bond donors (Lipinski definition) is 3. The number of carbonyl (C=O) groups is 1. The Kier molecular flexibility index (Phi) is 7.75. The van der Waals surface area contributed by atoms with E-state index in [-0.39, 0.29) is 17.8 Å². The van der Waals surface area contributed by atoms with Crippen molar-refractivity contribution in [3.05, 3.63) is 41.2 Å². The number of rotatable bonds is 8. The zero-order valence-corrected chi connectivity index (χ0v) is 26.1. The summed E-state index contributed by atoms with van der Waals surface area (Å²) < 4.78 is 5.45. The number of amides is 1. The average molecular weight is 601 g/mol. The molecule has 1 aliphatic carbocycles. The third-order valence-corrected chi connectivity index (χ3v) is 9.95. The highest BCUT2D eigenvalue weighted by atomic mass is 16.5. The highest BCUT2D eigenvalue weighted by Gasteiger charge is 2.50. The van der Waals surface area contributed by atoms with Gasteiger partial charge in [-0.3, -0.25) is 9.69 Å². The van der Waals surface area contributed by atoms with Gasteiger partial charge in [-0.15, -0.1) is 0 Å². The van der Waals surface area contributed by atoms with E-state index in [1.54, 1.807) is 0 Å². The van der Waals surface area contributed by atoms with Gasteiger partial charge in [-0.25, -0.2) is 9.97 Å². The quantitative estimate of drug-likeness (QED) is 0.415. The van der Waals surface area contributed by atoms with E-state index in [1.165, 1.54) is 37.2 Å². The summed E-state index contributed by atoms with van der Waals surface area (Å²) in [5.41, 5.74) is 10.5. The van der Waals surface area contributed by atoms with Gasteiger partial charge in [-0.05, 0) is 76.4 Å². The molecule has 12 heteroatoms. The molecule has 44 heavy (non-hydrogen) atoms. The molecule has 1 unspecified atom stereocenters.